The van der Waals surface area contributed by atoms with Crippen LogP contribution in [0.5, 0.6) is 11.5 Å². The zero-order valence-electron chi connectivity index (χ0n) is 13.2. The van der Waals surface area contributed by atoms with Gasteiger partial charge in [-0.25, -0.2) is 0 Å². The molecule has 2 N–H and O–H groups in total. The fourth-order valence-corrected chi connectivity index (χ4v) is 3.30. The second-order valence-corrected chi connectivity index (χ2v) is 6.01. The van der Waals surface area contributed by atoms with E-state index in [0.29, 0.717) is 17.2 Å². The molecular formula is C21H16O3. The van der Waals surface area contributed by atoms with Crippen LogP contribution in [0.4, 0.5) is 0 Å². The number of ketones is 1. The number of phenols is 2. The molecule has 0 aliphatic carbocycles. The summed E-state index contributed by atoms with van der Waals surface area (Å²) in [5, 5.41) is 25.7. The molecule has 0 aliphatic heterocycles. The summed E-state index contributed by atoms with van der Waals surface area (Å²) in [6, 6.07) is 17.2. The van der Waals surface area contributed by atoms with E-state index in [1.54, 1.807) is 6.92 Å². The quantitative estimate of drug-likeness (QED) is 0.397. The van der Waals surface area contributed by atoms with E-state index < -0.39 is 0 Å². The number of rotatable bonds is 2. The number of hydrogen-bond donors (Lipinski definition) is 2. The molecule has 4 aromatic rings. The molecule has 0 amide bonds. The zero-order chi connectivity index (χ0) is 16.8. The van der Waals surface area contributed by atoms with Gasteiger partial charge in [0.05, 0.1) is 5.56 Å². The van der Waals surface area contributed by atoms with Gasteiger partial charge in [0, 0.05) is 23.3 Å². The number of aromatic hydroxyl groups is 2. The third-order valence-corrected chi connectivity index (χ3v) is 4.52. The summed E-state index contributed by atoms with van der Waals surface area (Å²) in [5.74, 6) is -0.338. The van der Waals surface area contributed by atoms with Crippen LogP contribution < -0.4 is 0 Å². The molecule has 0 unspecified atom stereocenters. The Bertz CT molecular complexity index is 1130. The molecule has 3 heteroatoms. The molecule has 118 valence electrons. The lowest BCUT2D eigenvalue weighted by atomic mass is 9.94. The SMILES string of the molecule is CCC(=O)c1c(O)cc(O)c2cc3cc4ccccc4cc3cc12. The number of hydrogen-bond acceptors (Lipinski definition) is 3. The minimum absolute atomic E-state index is 0.0230. The van der Waals surface area contributed by atoms with Crippen molar-refractivity contribution in [3.8, 4) is 11.5 Å². The van der Waals surface area contributed by atoms with E-state index in [9.17, 15) is 15.0 Å². The summed E-state index contributed by atoms with van der Waals surface area (Å²) in [6.07, 6.45) is 0.295. The first-order valence-corrected chi connectivity index (χ1v) is 7.93. The van der Waals surface area contributed by atoms with E-state index in [-0.39, 0.29) is 22.8 Å². The lowest BCUT2D eigenvalue weighted by Crippen LogP contribution is -1.99. The summed E-state index contributed by atoms with van der Waals surface area (Å²) < 4.78 is 0. The summed E-state index contributed by atoms with van der Waals surface area (Å²) in [6.45, 7) is 1.76. The molecule has 0 heterocycles. The molecular weight excluding hydrogens is 300 g/mol. The maximum atomic E-state index is 12.3. The van der Waals surface area contributed by atoms with E-state index in [0.717, 1.165) is 21.5 Å². The molecule has 0 aliphatic rings. The van der Waals surface area contributed by atoms with Crippen molar-refractivity contribution in [3.05, 3.63) is 60.2 Å². The molecule has 0 bridgehead atoms. The molecule has 0 fully saturated rings. The van der Waals surface area contributed by atoms with Gasteiger partial charge in [0.25, 0.3) is 0 Å². The Hall–Kier alpha value is -3.07. The molecule has 4 aromatic carbocycles. The predicted molar refractivity (Wildman–Crippen MR) is 96.9 cm³/mol. The highest BCUT2D eigenvalue weighted by atomic mass is 16.3. The first kappa shape index (κ1) is 14.5. The average molecular weight is 316 g/mol. The topological polar surface area (TPSA) is 57.5 Å². The summed E-state index contributed by atoms with van der Waals surface area (Å²) in [4.78, 5) is 12.3. The van der Waals surface area contributed by atoms with Crippen molar-refractivity contribution < 1.29 is 15.0 Å². The normalized spacial score (nSPS) is 11.4. The van der Waals surface area contributed by atoms with Crippen LogP contribution in [0.3, 0.4) is 0 Å². The first-order chi connectivity index (χ1) is 11.6. The fraction of sp³-hybridized carbons (Fsp3) is 0.0952. The Morgan fingerprint density at radius 1 is 0.792 bits per heavy atom. The predicted octanol–water partition coefficient (Wildman–Crippen LogP) is 5.15. The van der Waals surface area contributed by atoms with Crippen LogP contribution in [0.15, 0.2) is 54.6 Å². The average Bonchev–Trinajstić information content (AvgIpc) is 2.58. The Balaban J connectivity index is 2.17. The Kier molecular flexibility index (Phi) is 3.17. The molecule has 4 rings (SSSR count). The smallest absolute Gasteiger partial charge is 0.166 e. The van der Waals surface area contributed by atoms with Gasteiger partial charge in [-0.1, -0.05) is 31.2 Å². The zero-order valence-corrected chi connectivity index (χ0v) is 13.2. The summed E-state index contributed by atoms with van der Waals surface area (Å²) in [5.41, 5.74) is 0.278. The molecule has 0 spiro atoms. The van der Waals surface area contributed by atoms with Crippen LogP contribution >= 0.6 is 0 Å². The number of carbonyl (C=O) groups is 1. The lowest BCUT2D eigenvalue weighted by molar-refractivity contribution is 0.0987. The van der Waals surface area contributed by atoms with Gasteiger partial charge < -0.3 is 10.2 Å². The van der Waals surface area contributed by atoms with Crippen molar-refractivity contribution in [2.45, 2.75) is 13.3 Å². The van der Waals surface area contributed by atoms with E-state index >= 15 is 0 Å². The number of fused-ring (bicyclic) bond motifs is 3. The highest BCUT2D eigenvalue weighted by Crippen LogP contribution is 2.38. The van der Waals surface area contributed by atoms with E-state index in [2.05, 4.69) is 12.1 Å². The maximum absolute atomic E-state index is 12.3. The van der Waals surface area contributed by atoms with Crippen LogP contribution in [0.1, 0.15) is 23.7 Å². The minimum atomic E-state index is -0.174. The van der Waals surface area contributed by atoms with Crippen molar-refractivity contribution in [2.75, 3.05) is 0 Å². The standard InChI is InChI=1S/C21H16O3/c1-2-18(22)21-17-10-15-8-13-6-4-3-5-12(13)7-14(15)9-16(17)19(23)11-20(21)24/h3-11,23-24H,2H2,1H3. The van der Waals surface area contributed by atoms with E-state index in [4.69, 9.17) is 0 Å². The molecule has 0 aromatic heterocycles. The van der Waals surface area contributed by atoms with Gasteiger partial charge in [-0.15, -0.1) is 0 Å². The monoisotopic (exact) mass is 316 g/mol. The molecule has 0 atom stereocenters. The number of Topliss-reactive ketones (excluding diaryl/α,β-unsaturated/α-hetero) is 1. The van der Waals surface area contributed by atoms with Crippen molar-refractivity contribution in [1.82, 2.24) is 0 Å². The summed E-state index contributed by atoms with van der Waals surface area (Å²) in [7, 11) is 0. The van der Waals surface area contributed by atoms with Gasteiger partial charge in [-0.3, -0.25) is 4.79 Å². The van der Waals surface area contributed by atoms with Gasteiger partial charge >= 0.3 is 0 Å². The van der Waals surface area contributed by atoms with Gasteiger partial charge in [0.1, 0.15) is 11.5 Å². The van der Waals surface area contributed by atoms with Crippen molar-refractivity contribution >= 4 is 38.1 Å². The van der Waals surface area contributed by atoms with Gasteiger partial charge in [0.15, 0.2) is 5.78 Å². The fourth-order valence-electron chi connectivity index (χ4n) is 3.30. The van der Waals surface area contributed by atoms with Gasteiger partial charge in [0.2, 0.25) is 0 Å². The Labute approximate surface area is 138 Å². The number of phenolic OH excluding ortho intramolecular Hbond substituents is 2. The minimum Gasteiger partial charge on any atom is -0.507 e. The third kappa shape index (κ3) is 2.09. The second kappa shape index (κ2) is 5.24. The van der Waals surface area contributed by atoms with Crippen LogP contribution in [0.2, 0.25) is 0 Å². The molecule has 3 nitrogen and oxygen atoms in total. The highest BCUT2D eigenvalue weighted by Gasteiger charge is 2.17. The molecule has 0 radical (unpaired) electrons. The molecule has 0 saturated heterocycles. The van der Waals surface area contributed by atoms with Crippen molar-refractivity contribution in [3.63, 3.8) is 0 Å². The lowest BCUT2D eigenvalue weighted by Gasteiger charge is -2.11. The summed E-state index contributed by atoms with van der Waals surface area (Å²) >= 11 is 0. The van der Waals surface area contributed by atoms with Gasteiger partial charge in [-0.05, 0) is 45.8 Å². The Morgan fingerprint density at radius 2 is 1.38 bits per heavy atom. The van der Waals surface area contributed by atoms with E-state index in [1.807, 2.05) is 36.4 Å². The largest absolute Gasteiger partial charge is 0.507 e. The van der Waals surface area contributed by atoms with E-state index in [1.165, 1.54) is 6.07 Å². The van der Waals surface area contributed by atoms with Gasteiger partial charge in [-0.2, -0.15) is 0 Å². The number of benzene rings is 4. The van der Waals surface area contributed by atoms with Crippen molar-refractivity contribution in [2.24, 2.45) is 0 Å². The number of carbonyl (C=O) groups excluding carboxylic acids is 1. The highest BCUT2D eigenvalue weighted by molar-refractivity contribution is 6.15. The second-order valence-electron chi connectivity index (χ2n) is 6.01. The maximum Gasteiger partial charge on any atom is 0.166 e. The van der Waals surface area contributed by atoms with Crippen LogP contribution in [-0.4, -0.2) is 16.0 Å². The third-order valence-electron chi connectivity index (χ3n) is 4.52. The first-order valence-electron chi connectivity index (χ1n) is 7.93. The van der Waals surface area contributed by atoms with Crippen LogP contribution in [0.25, 0.3) is 32.3 Å². The van der Waals surface area contributed by atoms with Crippen molar-refractivity contribution in [1.29, 1.82) is 0 Å². The van der Waals surface area contributed by atoms with Crippen LogP contribution in [-0.2, 0) is 0 Å². The van der Waals surface area contributed by atoms with Crippen LogP contribution in [0, 0.1) is 0 Å². The molecule has 24 heavy (non-hydrogen) atoms. The molecule has 0 saturated carbocycles. The Morgan fingerprint density at radius 3 is 1.96 bits per heavy atom.